The number of nitro groups is 1. The van der Waals surface area contributed by atoms with E-state index in [1.807, 2.05) is 18.2 Å². The average molecular weight is 412 g/mol. The Morgan fingerprint density at radius 3 is 2.57 bits per heavy atom. The standard InChI is InChI=1S/C20H20N4O6/c1-30-17-6-3-2-5-13(17)12-22-20(27)21-9-4-10-23-18(25)15-8-7-14(24(28)29)11-16(15)19(23)26/h2-3,5-8,11H,4,9-10,12H2,1H3,(H2,21,22,27). The summed E-state index contributed by atoms with van der Waals surface area (Å²) in [6, 6.07) is 10.5. The minimum atomic E-state index is -0.617. The smallest absolute Gasteiger partial charge is 0.315 e. The van der Waals surface area contributed by atoms with E-state index in [0.717, 1.165) is 16.5 Å². The van der Waals surface area contributed by atoms with Crippen molar-refractivity contribution in [3.63, 3.8) is 0 Å². The molecule has 0 saturated heterocycles. The zero-order valence-corrected chi connectivity index (χ0v) is 16.2. The van der Waals surface area contributed by atoms with Gasteiger partial charge in [0.15, 0.2) is 0 Å². The lowest BCUT2D eigenvalue weighted by atomic mass is 10.1. The molecule has 30 heavy (non-hydrogen) atoms. The number of nitrogens with one attached hydrogen (secondary N) is 2. The van der Waals surface area contributed by atoms with E-state index in [-0.39, 0.29) is 42.5 Å². The lowest BCUT2D eigenvalue weighted by molar-refractivity contribution is -0.384. The van der Waals surface area contributed by atoms with Crippen molar-refractivity contribution in [3.8, 4) is 5.75 Å². The largest absolute Gasteiger partial charge is 0.496 e. The molecule has 156 valence electrons. The van der Waals surface area contributed by atoms with E-state index in [2.05, 4.69) is 10.6 Å². The molecular weight excluding hydrogens is 392 g/mol. The number of benzene rings is 2. The number of amides is 4. The predicted octanol–water partition coefficient (Wildman–Crippen LogP) is 2.09. The fourth-order valence-corrected chi connectivity index (χ4v) is 3.12. The van der Waals surface area contributed by atoms with Crippen LogP contribution in [0, 0.1) is 10.1 Å². The fourth-order valence-electron chi connectivity index (χ4n) is 3.12. The Kier molecular flexibility index (Phi) is 6.26. The van der Waals surface area contributed by atoms with Crippen LogP contribution in [-0.2, 0) is 6.54 Å². The van der Waals surface area contributed by atoms with Gasteiger partial charge in [0.1, 0.15) is 5.75 Å². The number of hydrogen-bond acceptors (Lipinski definition) is 6. The van der Waals surface area contributed by atoms with E-state index >= 15 is 0 Å². The lowest BCUT2D eigenvalue weighted by Crippen LogP contribution is -2.37. The number of rotatable bonds is 8. The highest BCUT2D eigenvalue weighted by Crippen LogP contribution is 2.26. The molecule has 1 heterocycles. The molecule has 0 unspecified atom stereocenters. The second-order valence-corrected chi connectivity index (χ2v) is 6.52. The molecule has 1 aliphatic heterocycles. The zero-order chi connectivity index (χ0) is 21.7. The maximum atomic E-state index is 12.4. The van der Waals surface area contributed by atoms with Gasteiger partial charge in [-0.2, -0.15) is 0 Å². The number of carbonyl (C=O) groups is 3. The number of non-ortho nitro benzene ring substituents is 1. The highest BCUT2D eigenvalue weighted by atomic mass is 16.6. The lowest BCUT2D eigenvalue weighted by Gasteiger charge is -2.14. The van der Waals surface area contributed by atoms with Crippen molar-refractivity contribution >= 4 is 23.5 Å². The van der Waals surface area contributed by atoms with Crippen LogP contribution in [0.4, 0.5) is 10.5 Å². The molecule has 0 atom stereocenters. The molecule has 10 heteroatoms. The van der Waals surface area contributed by atoms with E-state index < -0.39 is 16.7 Å². The molecule has 0 bridgehead atoms. The van der Waals surface area contributed by atoms with Crippen LogP contribution in [0.25, 0.3) is 0 Å². The van der Waals surface area contributed by atoms with E-state index in [0.29, 0.717) is 12.2 Å². The van der Waals surface area contributed by atoms with Gasteiger partial charge in [0.2, 0.25) is 0 Å². The normalized spacial score (nSPS) is 12.5. The molecule has 3 rings (SSSR count). The summed E-state index contributed by atoms with van der Waals surface area (Å²) in [5, 5.41) is 16.2. The number of para-hydroxylation sites is 1. The summed E-state index contributed by atoms with van der Waals surface area (Å²) in [4.78, 5) is 48.0. The van der Waals surface area contributed by atoms with Gasteiger partial charge in [0.25, 0.3) is 17.5 Å². The Morgan fingerprint density at radius 2 is 1.83 bits per heavy atom. The number of fused-ring (bicyclic) bond motifs is 1. The van der Waals surface area contributed by atoms with Crippen LogP contribution in [0.2, 0.25) is 0 Å². The summed E-state index contributed by atoms with van der Waals surface area (Å²) in [6.07, 6.45) is 0.343. The third-order valence-corrected chi connectivity index (χ3v) is 4.64. The van der Waals surface area contributed by atoms with Crippen LogP contribution in [0.1, 0.15) is 32.7 Å². The summed E-state index contributed by atoms with van der Waals surface area (Å²) in [5.74, 6) is -0.395. The van der Waals surface area contributed by atoms with Crippen molar-refractivity contribution in [2.45, 2.75) is 13.0 Å². The van der Waals surface area contributed by atoms with Crippen LogP contribution >= 0.6 is 0 Å². The van der Waals surface area contributed by atoms with Gasteiger partial charge in [0.05, 0.1) is 23.2 Å². The van der Waals surface area contributed by atoms with Gasteiger partial charge in [0, 0.05) is 37.3 Å². The number of nitrogens with zero attached hydrogens (tertiary/aromatic N) is 2. The molecular formula is C20H20N4O6. The third-order valence-electron chi connectivity index (χ3n) is 4.64. The summed E-state index contributed by atoms with van der Waals surface area (Å²) in [7, 11) is 1.55. The van der Waals surface area contributed by atoms with Gasteiger partial charge in [-0.1, -0.05) is 18.2 Å². The first-order valence-electron chi connectivity index (χ1n) is 9.20. The maximum absolute atomic E-state index is 12.4. The second-order valence-electron chi connectivity index (χ2n) is 6.52. The number of ether oxygens (including phenoxy) is 1. The van der Waals surface area contributed by atoms with Crippen LogP contribution < -0.4 is 15.4 Å². The number of nitro benzene ring substituents is 1. The Labute approximate surface area is 172 Å². The summed E-state index contributed by atoms with van der Waals surface area (Å²) >= 11 is 0. The highest BCUT2D eigenvalue weighted by Gasteiger charge is 2.36. The zero-order valence-electron chi connectivity index (χ0n) is 16.2. The Balaban J connectivity index is 1.46. The van der Waals surface area contributed by atoms with Gasteiger partial charge in [-0.3, -0.25) is 24.6 Å². The SMILES string of the molecule is COc1ccccc1CNC(=O)NCCCN1C(=O)c2ccc([N+](=O)[O-])cc2C1=O. The third kappa shape index (κ3) is 4.37. The van der Waals surface area contributed by atoms with Gasteiger partial charge < -0.3 is 15.4 Å². The van der Waals surface area contributed by atoms with Crippen molar-refractivity contribution in [2.75, 3.05) is 20.2 Å². The Morgan fingerprint density at radius 1 is 1.10 bits per heavy atom. The molecule has 0 fully saturated rings. The maximum Gasteiger partial charge on any atom is 0.315 e. The second kappa shape index (κ2) is 9.03. The summed E-state index contributed by atoms with van der Waals surface area (Å²) in [6.45, 7) is 0.616. The van der Waals surface area contributed by atoms with Crippen LogP contribution in [0.15, 0.2) is 42.5 Å². The molecule has 2 N–H and O–H groups in total. The van der Waals surface area contributed by atoms with Gasteiger partial charge in [-0.15, -0.1) is 0 Å². The van der Waals surface area contributed by atoms with Crippen molar-refractivity contribution in [1.29, 1.82) is 0 Å². The number of methoxy groups -OCH3 is 1. The molecule has 0 aliphatic carbocycles. The van der Waals surface area contributed by atoms with Crippen molar-refractivity contribution in [2.24, 2.45) is 0 Å². The van der Waals surface area contributed by atoms with Gasteiger partial charge in [-0.05, 0) is 18.6 Å². The quantitative estimate of drug-likeness (QED) is 0.295. The highest BCUT2D eigenvalue weighted by molar-refractivity contribution is 6.21. The molecule has 0 radical (unpaired) electrons. The average Bonchev–Trinajstić information content (AvgIpc) is 2.99. The minimum absolute atomic E-state index is 0.0247. The molecule has 0 spiro atoms. The predicted molar refractivity (Wildman–Crippen MR) is 106 cm³/mol. The number of imide groups is 1. The van der Waals surface area contributed by atoms with Gasteiger partial charge in [-0.25, -0.2) is 4.79 Å². The van der Waals surface area contributed by atoms with Crippen molar-refractivity contribution in [1.82, 2.24) is 15.5 Å². The molecule has 2 aromatic carbocycles. The van der Waals surface area contributed by atoms with Gasteiger partial charge >= 0.3 is 6.03 Å². The minimum Gasteiger partial charge on any atom is -0.496 e. The van der Waals surface area contributed by atoms with E-state index in [1.165, 1.54) is 12.1 Å². The van der Waals surface area contributed by atoms with Crippen LogP contribution in [0.5, 0.6) is 5.75 Å². The molecule has 4 amide bonds. The van der Waals surface area contributed by atoms with Crippen LogP contribution in [-0.4, -0.2) is 47.9 Å². The first-order chi connectivity index (χ1) is 14.4. The Hall–Kier alpha value is -3.95. The fraction of sp³-hybridized carbons (Fsp3) is 0.250. The van der Waals surface area contributed by atoms with E-state index in [9.17, 15) is 24.5 Å². The first-order valence-corrected chi connectivity index (χ1v) is 9.20. The van der Waals surface area contributed by atoms with Crippen LogP contribution in [0.3, 0.4) is 0 Å². The summed E-state index contributed by atoms with van der Waals surface area (Å²) in [5.41, 5.74) is 0.755. The molecule has 2 aromatic rings. The summed E-state index contributed by atoms with van der Waals surface area (Å²) < 4.78 is 5.22. The topological polar surface area (TPSA) is 131 Å². The Bertz CT molecular complexity index is 1010. The van der Waals surface area contributed by atoms with Crippen molar-refractivity contribution in [3.05, 3.63) is 69.3 Å². The number of urea groups is 1. The molecule has 1 aliphatic rings. The number of carbonyl (C=O) groups excluding carboxylic acids is 3. The number of hydrogen-bond donors (Lipinski definition) is 2. The molecule has 0 aromatic heterocycles. The molecule has 0 saturated carbocycles. The van der Waals surface area contributed by atoms with E-state index in [4.69, 9.17) is 4.74 Å². The van der Waals surface area contributed by atoms with Crippen molar-refractivity contribution < 1.29 is 24.0 Å². The molecule has 10 nitrogen and oxygen atoms in total. The van der Waals surface area contributed by atoms with E-state index in [1.54, 1.807) is 13.2 Å². The first kappa shape index (κ1) is 20.8. The monoisotopic (exact) mass is 412 g/mol.